The van der Waals surface area contributed by atoms with E-state index >= 15 is 0 Å². The van der Waals surface area contributed by atoms with Crippen molar-refractivity contribution in [3.8, 4) is 0 Å². The predicted octanol–water partition coefficient (Wildman–Crippen LogP) is 5.61. The molecule has 0 aliphatic heterocycles. The first kappa shape index (κ1) is 15.2. The van der Waals surface area contributed by atoms with Crippen LogP contribution in [0.3, 0.4) is 0 Å². The quantitative estimate of drug-likeness (QED) is 0.761. The van der Waals surface area contributed by atoms with Crippen molar-refractivity contribution >= 4 is 23.2 Å². The third-order valence-electron chi connectivity index (χ3n) is 4.27. The van der Waals surface area contributed by atoms with Gasteiger partial charge >= 0.3 is 0 Å². The molecule has 3 atom stereocenters. The third-order valence-corrected chi connectivity index (χ3v) is 4.84. The van der Waals surface area contributed by atoms with E-state index in [2.05, 4.69) is 25.2 Å². The highest BCUT2D eigenvalue weighted by Gasteiger charge is 2.24. The van der Waals surface area contributed by atoms with Crippen LogP contribution < -0.4 is 5.32 Å². The Balaban J connectivity index is 2.10. The van der Waals surface area contributed by atoms with E-state index in [1.165, 1.54) is 31.2 Å². The second-order valence-electron chi connectivity index (χ2n) is 5.66. The molecule has 1 aliphatic rings. The fourth-order valence-electron chi connectivity index (χ4n) is 3.03. The molecule has 0 amide bonds. The molecule has 0 radical (unpaired) electrons. The van der Waals surface area contributed by atoms with E-state index in [9.17, 15) is 0 Å². The van der Waals surface area contributed by atoms with Crippen LogP contribution >= 0.6 is 23.2 Å². The summed E-state index contributed by atoms with van der Waals surface area (Å²) in [6.07, 6.45) is 6.38. The summed E-state index contributed by atoms with van der Waals surface area (Å²) in [5.41, 5.74) is 1.17. The van der Waals surface area contributed by atoms with Crippen molar-refractivity contribution in [1.29, 1.82) is 0 Å². The number of halogens is 2. The van der Waals surface area contributed by atoms with Crippen LogP contribution in [0.2, 0.25) is 10.0 Å². The highest BCUT2D eigenvalue weighted by molar-refractivity contribution is 6.35. The molecule has 0 heterocycles. The molecule has 1 aliphatic carbocycles. The van der Waals surface area contributed by atoms with Gasteiger partial charge < -0.3 is 5.32 Å². The van der Waals surface area contributed by atoms with Crippen LogP contribution in [0, 0.1) is 5.92 Å². The van der Waals surface area contributed by atoms with Crippen molar-refractivity contribution in [2.45, 2.75) is 58.0 Å². The largest absolute Gasteiger partial charge is 0.307 e. The van der Waals surface area contributed by atoms with E-state index in [-0.39, 0.29) is 0 Å². The standard InChI is InChI=1S/C16H23Cl2N/c1-3-15(13-9-8-12(17)10-14(13)18)19-16-7-5-4-6-11(16)2/h8-11,15-16,19H,3-7H2,1-2H3. The first-order valence-electron chi connectivity index (χ1n) is 7.32. The van der Waals surface area contributed by atoms with Crippen molar-refractivity contribution in [2.24, 2.45) is 5.92 Å². The monoisotopic (exact) mass is 299 g/mol. The minimum Gasteiger partial charge on any atom is -0.307 e. The third kappa shape index (κ3) is 3.87. The molecule has 1 aromatic carbocycles. The molecule has 0 bridgehead atoms. The van der Waals surface area contributed by atoms with Crippen LogP contribution in [0.25, 0.3) is 0 Å². The maximum Gasteiger partial charge on any atom is 0.0468 e. The van der Waals surface area contributed by atoms with Crippen LogP contribution in [-0.2, 0) is 0 Å². The van der Waals surface area contributed by atoms with Crippen LogP contribution in [0.4, 0.5) is 0 Å². The molecule has 19 heavy (non-hydrogen) atoms. The fourth-order valence-corrected chi connectivity index (χ4v) is 3.57. The van der Waals surface area contributed by atoms with Gasteiger partial charge in [-0.15, -0.1) is 0 Å². The molecule has 2 rings (SSSR count). The Hall–Kier alpha value is -0.240. The zero-order valence-electron chi connectivity index (χ0n) is 11.8. The Morgan fingerprint density at radius 1 is 1.26 bits per heavy atom. The molecule has 0 spiro atoms. The lowest BCUT2D eigenvalue weighted by molar-refractivity contribution is 0.256. The Labute approximate surface area is 126 Å². The van der Waals surface area contributed by atoms with Gasteiger partial charge in [0.25, 0.3) is 0 Å². The minimum absolute atomic E-state index is 0.329. The summed E-state index contributed by atoms with van der Waals surface area (Å²) in [5.74, 6) is 0.758. The zero-order valence-corrected chi connectivity index (χ0v) is 13.3. The molecule has 106 valence electrons. The summed E-state index contributed by atoms with van der Waals surface area (Å²) in [7, 11) is 0. The van der Waals surface area contributed by atoms with Crippen molar-refractivity contribution in [1.82, 2.24) is 5.32 Å². The Morgan fingerprint density at radius 3 is 2.63 bits per heavy atom. The first-order chi connectivity index (χ1) is 9.11. The van der Waals surface area contributed by atoms with Crippen molar-refractivity contribution in [2.75, 3.05) is 0 Å². The van der Waals surface area contributed by atoms with Crippen molar-refractivity contribution < 1.29 is 0 Å². The van der Waals surface area contributed by atoms with Gasteiger partial charge in [0, 0.05) is 22.1 Å². The molecular formula is C16H23Cl2N. The molecular weight excluding hydrogens is 277 g/mol. The SMILES string of the molecule is CCC(NC1CCCCC1C)c1ccc(Cl)cc1Cl. The van der Waals surface area contributed by atoms with Gasteiger partial charge in [-0.05, 0) is 42.9 Å². The lowest BCUT2D eigenvalue weighted by Gasteiger charge is -2.33. The summed E-state index contributed by atoms with van der Waals surface area (Å²) in [6, 6.07) is 6.77. The number of hydrogen-bond donors (Lipinski definition) is 1. The van der Waals surface area contributed by atoms with Gasteiger partial charge in [0.1, 0.15) is 0 Å². The smallest absolute Gasteiger partial charge is 0.0468 e. The number of nitrogens with one attached hydrogen (secondary N) is 1. The van der Waals surface area contributed by atoms with Crippen molar-refractivity contribution in [3.05, 3.63) is 33.8 Å². The summed E-state index contributed by atoms with van der Waals surface area (Å²) in [6.45, 7) is 4.56. The van der Waals surface area contributed by atoms with E-state index in [0.29, 0.717) is 17.1 Å². The summed E-state index contributed by atoms with van der Waals surface area (Å²) < 4.78 is 0. The van der Waals surface area contributed by atoms with E-state index in [0.717, 1.165) is 17.4 Å². The number of rotatable bonds is 4. The average Bonchev–Trinajstić information content (AvgIpc) is 2.39. The normalized spacial score (nSPS) is 25.3. The molecule has 1 N–H and O–H groups in total. The van der Waals surface area contributed by atoms with Gasteiger partial charge in [-0.2, -0.15) is 0 Å². The highest BCUT2D eigenvalue weighted by atomic mass is 35.5. The molecule has 1 saturated carbocycles. The molecule has 3 unspecified atom stereocenters. The molecule has 1 fully saturated rings. The zero-order chi connectivity index (χ0) is 13.8. The Bertz CT molecular complexity index is 419. The highest BCUT2D eigenvalue weighted by Crippen LogP contribution is 2.31. The van der Waals surface area contributed by atoms with Gasteiger partial charge in [-0.1, -0.05) is 56.0 Å². The van der Waals surface area contributed by atoms with E-state index in [1.54, 1.807) is 0 Å². The summed E-state index contributed by atoms with van der Waals surface area (Å²) in [5, 5.41) is 5.28. The Kier molecular flexibility index (Phi) is 5.56. The Morgan fingerprint density at radius 2 is 2.00 bits per heavy atom. The molecule has 0 aromatic heterocycles. The molecule has 3 heteroatoms. The number of hydrogen-bond acceptors (Lipinski definition) is 1. The van der Waals surface area contributed by atoms with Crippen LogP contribution in [0.5, 0.6) is 0 Å². The second kappa shape index (κ2) is 6.97. The van der Waals surface area contributed by atoms with Gasteiger partial charge in [0.15, 0.2) is 0 Å². The average molecular weight is 300 g/mol. The van der Waals surface area contributed by atoms with Crippen LogP contribution in [-0.4, -0.2) is 6.04 Å². The lowest BCUT2D eigenvalue weighted by atomic mass is 9.85. The lowest BCUT2D eigenvalue weighted by Crippen LogP contribution is -2.39. The van der Waals surface area contributed by atoms with Gasteiger partial charge in [-0.25, -0.2) is 0 Å². The second-order valence-corrected chi connectivity index (χ2v) is 6.51. The molecule has 0 saturated heterocycles. The van der Waals surface area contributed by atoms with Gasteiger partial charge in [-0.3, -0.25) is 0 Å². The van der Waals surface area contributed by atoms with Crippen molar-refractivity contribution in [3.63, 3.8) is 0 Å². The topological polar surface area (TPSA) is 12.0 Å². The maximum atomic E-state index is 6.33. The first-order valence-corrected chi connectivity index (χ1v) is 8.08. The maximum absolute atomic E-state index is 6.33. The van der Waals surface area contributed by atoms with Crippen LogP contribution in [0.15, 0.2) is 18.2 Å². The van der Waals surface area contributed by atoms with Gasteiger partial charge in [0.05, 0.1) is 0 Å². The summed E-state index contributed by atoms with van der Waals surface area (Å²) in [4.78, 5) is 0. The van der Waals surface area contributed by atoms with E-state index in [1.807, 2.05) is 12.1 Å². The van der Waals surface area contributed by atoms with Gasteiger partial charge in [0.2, 0.25) is 0 Å². The molecule has 1 aromatic rings. The van der Waals surface area contributed by atoms with E-state index in [4.69, 9.17) is 23.2 Å². The fraction of sp³-hybridized carbons (Fsp3) is 0.625. The molecule has 1 nitrogen and oxygen atoms in total. The van der Waals surface area contributed by atoms with Crippen LogP contribution in [0.1, 0.15) is 57.6 Å². The summed E-state index contributed by atoms with van der Waals surface area (Å²) >= 11 is 12.3. The minimum atomic E-state index is 0.329. The predicted molar refractivity (Wildman–Crippen MR) is 84.0 cm³/mol. The number of benzene rings is 1. The van der Waals surface area contributed by atoms with E-state index < -0.39 is 0 Å².